The highest BCUT2D eigenvalue weighted by molar-refractivity contribution is 7.80. The van der Waals surface area contributed by atoms with Crippen LogP contribution in [0, 0.1) is 6.92 Å². The van der Waals surface area contributed by atoms with E-state index in [9.17, 15) is 4.79 Å². The van der Waals surface area contributed by atoms with Crippen molar-refractivity contribution in [1.82, 2.24) is 5.32 Å². The number of carbonyl (C=O) groups excluding carboxylic acids is 1. The summed E-state index contributed by atoms with van der Waals surface area (Å²) < 4.78 is 0. The Kier molecular flexibility index (Phi) is 6.36. The van der Waals surface area contributed by atoms with Gasteiger partial charge in [-0.2, -0.15) is 0 Å². The van der Waals surface area contributed by atoms with Gasteiger partial charge in [-0.15, -0.1) is 0 Å². The SMILES string of the molecule is Cc1ccc(CCC(=O)NCCCC(N)=S)cc1. The number of hydrogen-bond donors (Lipinski definition) is 2. The average molecular weight is 264 g/mol. The summed E-state index contributed by atoms with van der Waals surface area (Å²) in [6, 6.07) is 8.26. The van der Waals surface area contributed by atoms with Crippen molar-refractivity contribution in [3.8, 4) is 0 Å². The molecule has 0 saturated heterocycles. The molecule has 0 radical (unpaired) electrons. The Morgan fingerprint density at radius 1 is 1.28 bits per heavy atom. The van der Waals surface area contributed by atoms with E-state index >= 15 is 0 Å². The molecule has 1 aromatic rings. The zero-order chi connectivity index (χ0) is 13.4. The van der Waals surface area contributed by atoms with E-state index in [1.807, 2.05) is 0 Å². The third kappa shape index (κ3) is 6.35. The lowest BCUT2D eigenvalue weighted by atomic mass is 10.1. The monoisotopic (exact) mass is 264 g/mol. The van der Waals surface area contributed by atoms with Gasteiger partial charge in [0.1, 0.15) is 0 Å². The van der Waals surface area contributed by atoms with Gasteiger partial charge in [0.2, 0.25) is 5.91 Å². The van der Waals surface area contributed by atoms with Crippen LogP contribution in [0.15, 0.2) is 24.3 Å². The van der Waals surface area contributed by atoms with Crippen molar-refractivity contribution in [2.24, 2.45) is 5.73 Å². The third-order valence-electron chi connectivity index (χ3n) is 2.68. The molecule has 0 aliphatic carbocycles. The van der Waals surface area contributed by atoms with Crippen molar-refractivity contribution in [2.75, 3.05) is 6.54 Å². The van der Waals surface area contributed by atoms with Crippen molar-refractivity contribution in [2.45, 2.75) is 32.6 Å². The van der Waals surface area contributed by atoms with E-state index < -0.39 is 0 Å². The number of rotatable bonds is 7. The van der Waals surface area contributed by atoms with Crippen molar-refractivity contribution < 1.29 is 4.79 Å². The van der Waals surface area contributed by atoms with E-state index in [-0.39, 0.29) is 5.91 Å². The van der Waals surface area contributed by atoms with E-state index in [0.29, 0.717) is 24.4 Å². The molecule has 0 bridgehead atoms. The van der Waals surface area contributed by atoms with Crippen LogP contribution in [0.1, 0.15) is 30.4 Å². The van der Waals surface area contributed by atoms with Gasteiger partial charge in [-0.1, -0.05) is 42.0 Å². The number of aryl methyl sites for hydroxylation is 2. The van der Waals surface area contributed by atoms with E-state index in [4.69, 9.17) is 18.0 Å². The number of carbonyl (C=O) groups is 1. The van der Waals surface area contributed by atoms with Gasteiger partial charge < -0.3 is 11.1 Å². The zero-order valence-electron chi connectivity index (χ0n) is 10.7. The number of nitrogens with one attached hydrogen (secondary N) is 1. The molecule has 1 aromatic carbocycles. The molecular formula is C14H20N2OS. The second-order valence-electron chi connectivity index (χ2n) is 4.41. The Bertz CT molecular complexity index is 401. The Hall–Kier alpha value is -1.42. The van der Waals surface area contributed by atoms with Crippen LogP contribution >= 0.6 is 12.2 Å². The Labute approximate surface area is 114 Å². The minimum Gasteiger partial charge on any atom is -0.393 e. The molecule has 18 heavy (non-hydrogen) atoms. The first kappa shape index (κ1) is 14.6. The maximum atomic E-state index is 11.6. The highest BCUT2D eigenvalue weighted by Gasteiger charge is 2.01. The Morgan fingerprint density at radius 2 is 1.94 bits per heavy atom. The minimum absolute atomic E-state index is 0.0820. The normalized spacial score (nSPS) is 10.1. The molecule has 1 amide bonds. The molecular weight excluding hydrogens is 244 g/mol. The first-order valence-electron chi connectivity index (χ1n) is 6.18. The summed E-state index contributed by atoms with van der Waals surface area (Å²) in [5, 5.41) is 2.87. The molecule has 1 rings (SSSR count). The fraction of sp³-hybridized carbons (Fsp3) is 0.429. The van der Waals surface area contributed by atoms with E-state index in [0.717, 1.165) is 12.8 Å². The van der Waals surface area contributed by atoms with Crippen LogP contribution in [0.5, 0.6) is 0 Å². The molecule has 3 N–H and O–H groups in total. The standard InChI is InChI=1S/C14H20N2OS/c1-11-4-6-12(7-5-11)8-9-14(17)16-10-2-3-13(15)18/h4-7H,2-3,8-10H2,1H3,(H2,15,18)(H,16,17). The predicted octanol–water partition coefficient (Wildman–Crippen LogP) is 2.11. The largest absolute Gasteiger partial charge is 0.393 e. The number of benzene rings is 1. The molecule has 0 heterocycles. The lowest BCUT2D eigenvalue weighted by molar-refractivity contribution is -0.121. The highest BCUT2D eigenvalue weighted by atomic mass is 32.1. The van der Waals surface area contributed by atoms with Gasteiger partial charge in [0.15, 0.2) is 0 Å². The molecule has 0 unspecified atom stereocenters. The van der Waals surface area contributed by atoms with Crippen LogP contribution in [0.2, 0.25) is 0 Å². The Balaban J connectivity index is 2.17. The van der Waals surface area contributed by atoms with Gasteiger partial charge in [0.05, 0.1) is 4.99 Å². The molecule has 0 spiro atoms. The molecule has 0 aliphatic rings. The fourth-order valence-electron chi connectivity index (χ4n) is 1.59. The van der Waals surface area contributed by atoms with Crippen molar-refractivity contribution >= 4 is 23.1 Å². The number of amides is 1. The molecule has 0 fully saturated rings. The molecule has 0 aromatic heterocycles. The second kappa shape index (κ2) is 7.82. The summed E-state index contributed by atoms with van der Waals surface area (Å²) in [5.41, 5.74) is 7.81. The van der Waals surface area contributed by atoms with Crippen LogP contribution in [0.3, 0.4) is 0 Å². The van der Waals surface area contributed by atoms with Crippen LogP contribution in [0.4, 0.5) is 0 Å². The van der Waals surface area contributed by atoms with Crippen LogP contribution in [-0.4, -0.2) is 17.4 Å². The maximum Gasteiger partial charge on any atom is 0.220 e. The molecule has 0 saturated carbocycles. The summed E-state index contributed by atoms with van der Waals surface area (Å²) in [6.45, 7) is 2.70. The van der Waals surface area contributed by atoms with Gasteiger partial charge in [-0.3, -0.25) is 4.79 Å². The summed E-state index contributed by atoms with van der Waals surface area (Å²) >= 11 is 4.77. The van der Waals surface area contributed by atoms with Gasteiger partial charge in [-0.25, -0.2) is 0 Å². The quantitative estimate of drug-likeness (QED) is 0.586. The first-order valence-corrected chi connectivity index (χ1v) is 6.59. The summed E-state index contributed by atoms with van der Waals surface area (Å²) in [5.74, 6) is 0.0820. The topological polar surface area (TPSA) is 55.1 Å². The maximum absolute atomic E-state index is 11.6. The molecule has 0 atom stereocenters. The number of hydrogen-bond acceptors (Lipinski definition) is 2. The third-order valence-corrected chi connectivity index (χ3v) is 2.89. The van der Waals surface area contributed by atoms with Crippen LogP contribution < -0.4 is 11.1 Å². The van der Waals surface area contributed by atoms with Gasteiger partial charge >= 0.3 is 0 Å². The highest BCUT2D eigenvalue weighted by Crippen LogP contribution is 2.05. The second-order valence-corrected chi connectivity index (χ2v) is 4.93. The van der Waals surface area contributed by atoms with Crippen molar-refractivity contribution in [3.05, 3.63) is 35.4 Å². The van der Waals surface area contributed by atoms with Crippen LogP contribution in [-0.2, 0) is 11.2 Å². The fourth-order valence-corrected chi connectivity index (χ4v) is 1.74. The van der Waals surface area contributed by atoms with Gasteiger partial charge in [0, 0.05) is 13.0 Å². The average Bonchev–Trinajstić information content (AvgIpc) is 2.34. The van der Waals surface area contributed by atoms with Crippen molar-refractivity contribution in [1.29, 1.82) is 0 Å². The van der Waals surface area contributed by atoms with E-state index in [1.165, 1.54) is 11.1 Å². The van der Waals surface area contributed by atoms with Gasteiger partial charge in [0.25, 0.3) is 0 Å². The van der Waals surface area contributed by atoms with E-state index in [2.05, 4.69) is 36.5 Å². The summed E-state index contributed by atoms with van der Waals surface area (Å²) in [4.78, 5) is 12.1. The first-order chi connectivity index (χ1) is 8.58. The number of thiocarbonyl (C=S) groups is 1. The zero-order valence-corrected chi connectivity index (χ0v) is 11.6. The van der Waals surface area contributed by atoms with Gasteiger partial charge in [-0.05, 0) is 31.7 Å². The van der Waals surface area contributed by atoms with Crippen LogP contribution in [0.25, 0.3) is 0 Å². The lowest BCUT2D eigenvalue weighted by Crippen LogP contribution is -2.25. The molecule has 0 aliphatic heterocycles. The number of nitrogens with two attached hydrogens (primary N) is 1. The lowest BCUT2D eigenvalue weighted by Gasteiger charge is -2.05. The summed E-state index contributed by atoms with van der Waals surface area (Å²) in [7, 11) is 0. The molecule has 3 nitrogen and oxygen atoms in total. The molecule has 98 valence electrons. The minimum atomic E-state index is 0.0820. The molecule has 4 heteroatoms. The van der Waals surface area contributed by atoms with E-state index in [1.54, 1.807) is 0 Å². The Morgan fingerprint density at radius 3 is 2.56 bits per heavy atom. The summed E-state index contributed by atoms with van der Waals surface area (Å²) in [6.07, 6.45) is 2.80. The smallest absolute Gasteiger partial charge is 0.220 e. The predicted molar refractivity (Wildman–Crippen MR) is 78.5 cm³/mol. The van der Waals surface area contributed by atoms with Crippen molar-refractivity contribution in [3.63, 3.8) is 0 Å².